The Balaban J connectivity index is 2.78. The Hall–Kier alpha value is -1.28. The van der Waals surface area contributed by atoms with Crippen molar-refractivity contribution in [1.29, 1.82) is 0 Å². The van der Waals surface area contributed by atoms with Crippen molar-refractivity contribution >= 4 is 10.9 Å². The highest BCUT2D eigenvalue weighted by atomic mass is 14.9. The third-order valence-electron chi connectivity index (χ3n) is 2.42. The normalized spacial score (nSPS) is 13.5. The van der Waals surface area contributed by atoms with Crippen molar-refractivity contribution in [3.63, 3.8) is 0 Å². The number of para-hydroxylation sites is 1. The fourth-order valence-corrected chi connectivity index (χ4v) is 1.74. The highest BCUT2D eigenvalue weighted by Gasteiger charge is 2.08. The lowest BCUT2D eigenvalue weighted by Gasteiger charge is -2.01. The standard InChI is InChI=1S/C11H14N2/c1-8(12)10-7-13(2)11-6-4-3-5-9(10)11/h3-8H,12H2,1-2H3. The molecule has 1 atom stereocenters. The van der Waals surface area contributed by atoms with Crippen LogP contribution in [0.4, 0.5) is 0 Å². The van der Waals surface area contributed by atoms with Gasteiger partial charge in [-0.1, -0.05) is 18.2 Å². The summed E-state index contributed by atoms with van der Waals surface area (Å²) in [4.78, 5) is 0. The van der Waals surface area contributed by atoms with Gasteiger partial charge in [0.2, 0.25) is 0 Å². The third-order valence-corrected chi connectivity index (χ3v) is 2.42. The average molecular weight is 174 g/mol. The lowest BCUT2D eigenvalue weighted by atomic mass is 10.1. The fourth-order valence-electron chi connectivity index (χ4n) is 1.74. The van der Waals surface area contributed by atoms with Gasteiger partial charge in [0.1, 0.15) is 0 Å². The van der Waals surface area contributed by atoms with E-state index in [0.717, 1.165) is 0 Å². The molecule has 2 rings (SSSR count). The Kier molecular flexibility index (Phi) is 1.85. The van der Waals surface area contributed by atoms with Gasteiger partial charge in [0, 0.05) is 30.2 Å². The zero-order valence-corrected chi connectivity index (χ0v) is 7.99. The first-order valence-corrected chi connectivity index (χ1v) is 4.49. The molecule has 0 spiro atoms. The van der Waals surface area contributed by atoms with Gasteiger partial charge in [-0.05, 0) is 18.6 Å². The lowest BCUT2D eigenvalue weighted by molar-refractivity contribution is 0.815. The van der Waals surface area contributed by atoms with Crippen LogP contribution in [0.15, 0.2) is 30.5 Å². The van der Waals surface area contributed by atoms with E-state index in [1.165, 1.54) is 16.5 Å². The van der Waals surface area contributed by atoms with Gasteiger partial charge in [0.15, 0.2) is 0 Å². The van der Waals surface area contributed by atoms with Gasteiger partial charge in [0.05, 0.1) is 0 Å². The molecule has 0 saturated carbocycles. The second kappa shape index (κ2) is 2.89. The van der Waals surface area contributed by atoms with Crippen molar-refractivity contribution in [2.45, 2.75) is 13.0 Å². The summed E-state index contributed by atoms with van der Waals surface area (Å²) in [7, 11) is 2.05. The van der Waals surface area contributed by atoms with Crippen LogP contribution in [0.5, 0.6) is 0 Å². The van der Waals surface area contributed by atoms with Crippen molar-refractivity contribution in [2.75, 3.05) is 0 Å². The van der Waals surface area contributed by atoms with Crippen molar-refractivity contribution in [3.8, 4) is 0 Å². The van der Waals surface area contributed by atoms with E-state index < -0.39 is 0 Å². The summed E-state index contributed by atoms with van der Waals surface area (Å²) in [5, 5.41) is 1.26. The molecule has 0 aliphatic carbocycles. The van der Waals surface area contributed by atoms with E-state index in [-0.39, 0.29) is 6.04 Å². The highest BCUT2D eigenvalue weighted by Crippen LogP contribution is 2.23. The van der Waals surface area contributed by atoms with E-state index >= 15 is 0 Å². The molecule has 68 valence electrons. The molecule has 0 saturated heterocycles. The SMILES string of the molecule is CC(N)c1cn(C)c2ccccc12. The maximum Gasteiger partial charge on any atom is 0.0481 e. The first-order valence-electron chi connectivity index (χ1n) is 4.49. The fraction of sp³-hybridized carbons (Fsp3) is 0.273. The van der Waals surface area contributed by atoms with Crippen LogP contribution < -0.4 is 5.73 Å². The number of fused-ring (bicyclic) bond motifs is 1. The van der Waals surface area contributed by atoms with E-state index in [2.05, 4.69) is 22.9 Å². The molecule has 1 aromatic carbocycles. The van der Waals surface area contributed by atoms with Crippen LogP contribution >= 0.6 is 0 Å². The number of aryl methyl sites for hydroxylation is 1. The largest absolute Gasteiger partial charge is 0.350 e. The van der Waals surface area contributed by atoms with E-state index in [4.69, 9.17) is 5.73 Å². The number of nitrogens with zero attached hydrogens (tertiary/aromatic N) is 1. The van der Waals surface area contributed by atoms with Gasteiger partial charge >= 0.3 is 0 Å². The summed E-state index contributed by atoms with van der Waals surface area (Å²) < 4.78 is 2.12. The predicted octanol–water partition coefficient (Wildman–Crippen LogP) is 2.20. The van der Waals surface area contributed by atoms with Gasteiger partial charge in [-0.2, -0.15) is 0 Å². The van der Waals surface area contributed by atoms with Crippen LogP contribution in [-0.4, -0.2) is 4.57 Å². The van der Waals surface area contributed by atoms with Gasteiger partial charge < -0.3 is 10.3 Å². The van der Waals surface area contributed by atoms with Gasteiger partial charge in [-0.15, -0.1) is 0 Å². The first kappa shape index (κ1) is 8.32. The van der Waals surface area contributed by atoms with E-state index in [1.807, 2.05) is 26.1 Å². The molecule has 1 heterocycles. The van der Waals surface area contributed by atoms with Crippen LogP contribution in [-0.2, 0) is 7.05 Å². The third kappa shape index (κ3) is 1.23. The maximum absolute atomic E-state index is 5.88. The van der Waals surface area contributed by atoms with Crippen molar-refractivity contribution in [2.24, 2.45) is 12.8 Å². The minimum atomic E-state index is 0.103. The molecular formula is C11H14N2. The highest BCUT2D eigenvalue weighted by molar-refractivity contribution is 5.84. The molecule has 0 aliphatic rings. The zero-order chi connectivity index (χ0) is 9.42. The smallest absolute Gasteiger partial charge is 0.0481 e. The van der Waals surface area contributed by atoms with Gasteiger partial charge in [0.25, 0.3) is 0 Å². The molecular weight excluding hydrogens is 160 g/mol. The lowest BCUT2D eigenvalue weighted by Crippen LogP contribution is -2.03. The van der Waals surface area contributed by atoms with Crippen LogP contribution in [0.25, 0.3) is 10.9 Å². The topological polar surface area (TPSA) is 30.9 Å². The minimum absolute atomic E-state index is 0.103. The number of rotatable bonds is 1. The molecule has 0 bridgehead atoms. The molecule has 2 nitrogen and oxygen atoms in total. The molecule has 13 heavy (non-hydrogen) atoms. The van der Waals surface area contributed by atoms with Crippen LogP contribution in [0.1, 0.15) is 18.5 Å². The predicted molar refractivity (Wildman–Crippen MR) is 55.5 cm³/mol. The summed E-state index contributed by atoms with van der Waals surface area (Å²) in [6.07, 6.45) is 2.11. The van der Waals surface area contributed by atoms with Crippen LogP contribution in [0.2, 0.25) is 0 Å². The molecule has 0 amide bonds. The van der Waals surface area contributed by atoms with Crippen molar-refractivity contribution < 1.29 is 0 Å². The Labute approximate surface area is 78.0 Å². The Bertz CT molecular complexity index is 427. The molecule has 2 heteroatoms. The second-order valence-corrected chi connectivity index (χ2v) is 3.50. The van der Waals surface area contributed by atoms with E-state index in [9.17, 15) is 0 Å². The summed E-state index contributed by atoms with van der Waals surface area (Å²) in [5.74, 6) is 0. The van der Waals surface area contributed by atoms with E-state index in [0.29, 0.717) is 0 Å². The number of aromatic nitrogens is 1. The van der Waals surface area contributed by atoms with Gasteiger partial charge in [-0.3, -0.25) is 0 Å². The molecule has 0 radical (unpaired) electrons. The summed E-state index contributed by atoms with van der Waals surface area (Å²) >= 11 is 0. The number of hydrogen-bond donors (Lipinski definition) is 1. The Morgan fingerprint density at radius 1 is 1.31 bits per heavy atom. The molecule has 1 aromatic heterocycles. The quantitative estimate of drug-likeness (QED) is 0.706. The average Bonchev–Trinajstić information content (AvgIpc) is 2.45. The Morgan fingerprint density at radius 2 is 2.00 bits per heavy atom. The van der Waals surface area contributed by atoms with Gasteiger partial charge in [-0.25, -0.2) is 0 Å². The van der Waals surface area contributed by atoms with Crippen LogP contribution in [0, 0.1) is 0 Å². The first-order chi connectivity index (χ1) is 6.20. The monoisotopic (exact) mass is 174 g/mol. The van der Waals surface area contributed by atoms with Crippen LogP contribution in [0.3, 0.4) is 0 Å². The summed E-state index contributed by atoms with van der Waals surface area (Å²) in [6, 6.07) is 8.43. The second-order valence-electron chi connectivity index (χ2n) is 3.50. The summed E-state index contributed by atoms with van der Waals surface area (Å²) in [6.45, 7) is 2.02. The molecule has 0 aliphatic heterocycles. The number of hydrogen-bond acceptors (Lipinski definition) is 1. The summed E-state index contributed by atoms with van der Waals surface area (Å²) in [5.41, 5.74) is 8.35. The number of benzene rings is 1. The maximum atomic E-state index is 5.88. The molecule has 2 aromatic rings. The minimum Gasteiger partial charge on any atom is -0.350 e. The zero-order valence-electron chi connectivity index (χ0n) is 7.99. The van der Waals surface area contributed by atoms with Crippen molar-refractivity contribution in [3.05, 3.63) is 36.0 Å². The molecule has 2 N–H and O–H groups in total. The van der Waals surface area contributed by atoms with E-state index in [1.54, 1.807) is 0 Å². The van der Waals surface area contributed by atoms with Crippen molar-refractivity contribution in [1.82, 2.24) is 4.57 Å². The molecule has 1 unspecified atom stereocenters. The number of nitrogens with two attached hydrogens (primary N) is 1. The Morgan fingerprint density at radius 3 is 2.69 bits per heavy atom. The molecule has 0 fully saturated rings.